The summed E-state index contributed by atoms with van der Waals surface area (Å²) < 4.78 is 33.0. The smallest absolute Gasteiger partial charge is 0.244 e. The molecule has 6 nitrogen and oxygen atoms in total. The summed E-state index contributed by atoms with van der Waals surface area (Å²) >= 11 is 0. The lowest BCUT2D eigenvalue weighted by Crippen LogP contribution is -2.50. The number of ether oxygens (including phenoxy) is 1. The molecule has 4 rings (SSSR count). The van der Waals surface area contributed by atoms with Gasteiger partial charge in [-0.05, 0) is 49.7 Å². The second-order valence-electron chi connectivity index (χ2n) is 8.16. The van der Waals surface area contributed by atoms with Gasteiger partial charge in [-0.25, -0.2) is 8.42 Å². The van der Waals surface area contributed by atoms with E-state index in [0.29, 0.717) is 11.4 Å². The summed E-state index contributed by atoms with van der Waals surface area (Å²) in [7, 11) is -1.76. The first-order chi connectivity index (χ1) is 13.8. The van der Waals surface area contributed by atoms with Gasteiger partial charge in [0.25, 0.3) is 0 Å². The van der Waals surface area contributed by atoms with Crippen LogP contribution in [0.5, 0.6) is 5.75 Å². The molecule has 0 aromatic heterocycles. The van der Waals surface area contributed by atoms with E-state index in [-0.39, 0.29) is 0 Å². The Balaban J connectivity index is 1.37. The molecule has 0 atom stereocenters. The van der Waals surface area contributed by atoms with Crippen molar-refractivity contribution in [2.24, 2.45) is 0 Å². The lowest BCUT2D eigenvalue weighted by atomic mass is 9.94. The molecule has 2 aliphatic rings. The third-order valence-electron chi connectivity index (χ3n) is 6.17. The summed E-state index contributed by atoms with van der Waals surface area (Å²) in [4.78, 5) is 5.17. The highest BCUT2D eigenvalue weighted by Gasteiger charge is 2.47. The maximum Gasteiger partial charge on any atom is 0.244 e. The molecular formula is C22H29N3O3S. The first-order valence-electron chi connectivity index (χ1n) is 10.1. The highest BCUT2D eigenvalue weighted by atomic mass is 32.2. The van der Waals surface area contributed by atoms with Crippen molar-refractivity contribution >= 4 is 15.7 Å². The highest BCUT2D eigenvalue weighted by Crippen LogP contribution is 2.43. The topological polar surface area (TPSA) is 53.1 Å². The van der Waals surface area contributed by atoms with Gasteiger partial charge in [0.15, 0.2) is 0 Å². The molecule has 0 amide bonds. The number of anilines is 1. The molecule has 0 unspecified atom stereocenters. The Bertz CT molecular complexity index is 965. The van der Waals surface area contributed by atoms with Crippen molar-refractivity contribution in [3.63, 3.8) is 0 Å². The molecule has 0 spiro atoms. The van der Waals surface area contributed by atoms with Gasteiger partial charge >= 0.3 is 0 Å². The van der Waals surface area contributed by atoms with Crippen LogP contribution in [0.1, 0.15) is 19.4 Å². The predicted octanol–water partition coefficient (Wildman–Crippen LogP) is 2.76. The van der Waals surface area contributed by atoms with Crippen LogP contribution in [0.15, 0.2) is 53.4 Å². The van der Waals surface area contributed by atoms with Crippen molar-refractivity contribution < 1.29 is 13.2 Å². The molecule has 156 valence electrons. The fourth-order valence-electron chi connectivity index (χ4n) is 4.41. The molecule has 2 aromatic carbocycles. The van der Waals surface area contributed by atoms with Gasteiger partial charge in [-0.2, -0.15) is 4.31 Å². The van der Waals surface area contributed by atoms with E-state index in [4.69, 9.17) is 4.74 Å². The number of piperazine rings is 1. The average Bonchev–Trinajstić information content (AvgIpc) is 2.89. The quantitative estimate of drug-likeness (QED) is 0.752. The summed E-state index contributed by atoms with van der Waals surface area (Å²) in [5, 5.41) is 0. The Labute approximate surface area is 173 Å². The summed E-state index contributed by atoms with van der Waals surface area (Å²) in [5.74, 6) is 0.864. The fraction of sp³-hybridized carbons (Fsp3) is 0.455. The van der Waals surface area contributed by atoms with Gasteiger partial charge in [0, 0.05) is 45.0 Å². The Hall–Kier alpha value is -2.09. The molecule has 0 aliphatic carbocycles. The minimum absolute atomic E-state index is 0.453. The molecule has 0 N–H and O–H groups in total. The van der Waals surface area contributed by atoms with Crippen LogP contribution >= 0.6 is 0 Å². The van der Waals surface area contributed by atoms with Gasteiger partial charge in [-0.3, -0.25) is 4.90 Å². The monoisotopic (exact) mass is 415 g/mol. The van der Waals surface area contributed by atoms with Gasteiger partial charge in [0.1, 0.15) is 5.75 Å². The van der Waals surface area contributed by atoms with E-state index in [0.717, 1.165) is 44.0 Å². The number of benzene rings is 2. The van der Waals surface area contributed by atoms with Gasteiger partial charge in [-0.1, -0.05) is 18.2 Å². The summed E-state index contributed by atoms with van der Waals surface area (Å²) in [6.07, 6.45) is 0. The largest absolute Gasteiger partial charge is 0.497 e. The van der Waals surface area contributed by atoms with Gasteiger partial charge in [0.05, 0.1) is 17.5 Å². The molecular weight excluding hydrogens is 386 g/mol. The summed E-state index contributed by atoms with van der Waals surface area (Å²) in [6.45, 7) is 8.96. The Morgan fingerprint density at radius 3 is 2.21 bits per heavy atom. The van der Waals surface area contributed by atoms with Crippen molar-refractivity contribution in [2.45, 2.75) is 24.3 Å². The summed E-state index contributed by atoms with van der Waals surface area (Å²) in [6, 6.07) is 15.5. The van der Waals surface area contributed by atoms with Crippen LogP contribution in [-0.4, -0.2) is 64.0 Å². The molecule has 0 bridgehead atoms. The molecule has 0 radical (unpaired) electrons. The SMILES string of the molecule is COc1ccc(N2CCN(CCN3C(C)(C)c4ccccc4S3(=O)=O)CC2)cc1. The zero-order chi connectivity index (χ0) is 20.6. The van der Waals surface area contributed by atoms with Crippen molar-refractivity contribution in [3.05, 3.63) is 54.1 Å². The highest BCUT2D eigenvalue weighted by molar-refractivity contribution is 7.89. The zero-order valence-electron chi connectivity index (χ0n) is 17.3. The molecule has 7 heteroatoms. The molecule has 2 aromatic rings. The van der Waals surface area contributed by atoms with E-state index >= 15 is 0 Å². The van der Waals surface area contributed by atoms with E-state index < -0.39 is 15.6 Å². The molecule has 0 saturated carbocycles. The van der Waals surface area contributed by atoms with E-state index in [1.54, 1.807) is 23.5 Å². The minimum atomic E-state index is -3.43. The van der Waals surface area contributed by atoms with Gasteiger partial charge in [0.2, 0.25) is 10.0 Å². The molecule has 1 fully saturated rings. The minimum Gasteiger partial charge on any atom is -0.497 e. The van der Waals surface area contributed by atoms with Crippen molar-refractivity contribution in [3.8, 4) is 5.75 Å². The number of fused-ring (bicyclic) bond motifs is 1. The third kappa shape index (κ3) is 3.63. The Morgan fingerprint density at radius 1 is 0.931 bits per heavy atom. The van der Waals surface area contributed by atoms with E-state index in [9.17, 15) is 8.42 Å². The van der Waals surface area contributed by atoms with Crippen LogP contribution in [0.25, 0.3) is 0 Å². The van der Waals surface area contributed by atoms with E-state index in [1.807, 2.05) is 38.1 Å². The first kappa shape index (κ1) is 20.2. The number of nitrogens with zero attached hydrogens (tertiary/aromatic N) is 3. The first-order valence-corrected chi connectivity index (χ1v) is 11.5. The second-order valence-corrected chi connectivity index (χ2v) is 9.99. The van der Waals surface area contributed by atoms with Crippen LogP contribution in [0, 0.1) is 0 Å². The Kier molecular flexibility index (Phi) is 5.31. The van der Waals surface area contributed by atoms with Gasteiger partial charge in [-0.15, -0.1) is 0 Å². The average molecular weight is 416 g/mol. The molecule has 2 aliphatic heterocycles. The lowest BCUT2D eigenvalue weighted by molar-refractivity contribution is 0.189. The Morgan fingerprint density at radius 2 is 1.59 bits per heavy atom. The van der Waals surface area contributed by atoms with Crippen LogP contribution in [0.4, 0.5) is 5.69 Å². The number of methoxy groups -OCH3 is 1. The summed E-state index contributed by atoms with van der Waals surface area (Å²) in [5.41, 5.74) is 1.58. The second kappa shape index (κ2) is 7.63. The van der Waals surface area contributed by atoms with E-state index in [1.165, 1.54) is 5.69 Å². The normalized spacial score (nSPS) is 21.1. The van der Waals surface area contributed by atoms with Crippen molar-refractivity contribution in [2.75, 3.05) is 51.3 Å². The lowest BCUT2D eigenvalue weighted by Gasteiger charge is -2.38. The third-order valence-corrected chi connectivity index (χ3v) is 8.30. The maximum atomic E-state index is 13.1. The van der Waals surface area contributed by atoms with Crippen molar-refractivity contribution in [1.82, 2.24) is 9.21 Å². The fourth-order valence-corrected chi connectivity index (χ4v) is 6.51. The zero-order valence-corrected chi connectivity index (χ0v) is 18.2. The molecule has 1 saturated heterocycles. The molecule has 2 heterocycles. The van der Waals surface area contributed by atoms with Crippen molar-refractivity contribution in [1.29, 1.82) is 0 Å². The maximum absolute atomic E-state index is 13.1. The van der Waals surface area contributed by atoms with Crippen LogP contribution in [-0.2, 0) is 15.6 Å². The number of hydrogen-bond acceptors (Lipinski definition) is 5. The van der Waals surface area contributed by atoms with Gasteiger partial charge < -0.3 is 9.64 Å². The van der Waals surface area contributed by atoms with E-state index in [2.05, 4.69) is 21.9 Å². The van der Waals surface area contributed by atoms with Crippen LogP contribution < -0.4 is 9.64 Å². The van der Waals surface area contributed by atoms with Crippen LogP contribution in [0.2, 0.25) is 0 Å². The number of sulfonamides is 1. The predicted molar refractivity (Wildman–Crippen MR) is 115 cm³/mol. The molecule has 29 heavy (non-hydrogen) atoms. The van der Waals surface area contributed by atoms with Crippen LogP contribution in [0.3, 0.4) is 0 Å². The standard InChI is InChI=1S/C22H29N3O3S/c1-22(2)20-6-4-5-7-21(20)29(26,27)25(22)17-14-23-12-15-24(16-13-23)18-8-10-19(28-3)11-9-18/h4-11H,12-17H2,1-3H3. The number of rotatable bonds is 5. The number of hydrogen-bond donors (Lipinski definition) is 0.